The molecular formula is C21H22N2O4. The van der Waals surface area contributed by atoms with E-state index in [1.165, 1.54) is 0 Å². The molecule has 1 aliphatic heterocycles. The molecule has 0 unspecified atom stereocenters. The third kappa shape index (κ3) is 5.17. The lowest BCUT2D eigenvalue weighted by Crippen LogP contribution is -2.42. The lowest BCUT2D eigenvalue weighted by molar-refractivity contribution is -0.148. The van der Waals surface area contributed by atoms with Gasteiger partial charge in [-0.25, -0.2) is 4.79 Å². The molecule has 0 radical (unpaired) electrons. The van der Waals surface area contributed by atoms with Crippen molar-refractivity contribution in [3.63, 3.8) is 0 Å². The van der Waals surface area contributed by atoms with Crippen molar-refractivity contribution in [3.05, 3.63) is 66.2 Å². The number of hydrogen-bond donors (Lipinski definition) is 1. The van der Waals surface area contributed by atoms with E-state index in [-0.39, 0.29) is 30.3 Å². The zero-order chi connectivity index (χ0) is 19.1. The van der Waals surface area contributed by atoms with E-state index in [9.17, 15) is 14.4 Å². The third-order valence-electron chi connectivity index (χ3n) is 4.58. The molecule has 2 aromatic rings. The number of nitrogens with one attached hydrogen (secondary N) is 1. The highest BCUT2D eigenvalue weighted by Gasteiger charge is 2.28. The first-order valence-corrected chi connectivity index (χ1v) is 8.99. The second-order valence-electron chi connectivity index (χ2n) is 6.45. The molecule has 6 nitrogen and oxygen atoms in total. The van der Waals surface area contributed by atoms with Crippen molar-refractivity contribution in [2.75, 3.05) is 25.0 Å². The van der Waals surface area contributed by atoms with Gasteiger partial charge in [0.2, 0.25) is 0 Å². The van der Waals surface area contributed by atoms with Gasteiger partial charge in [0.25, 0.3) is 0 Å². The predicted octanol–water partition coefficient (Wildman–Crippen LogP) is 3.36. The van der Waals surface area contributed by atoms with Crippen LogP contribution < -0.4 is 5.32 Å². The van der Waals surface area contributed by atoms with Crippen LogP contribution in [0, 0.1) is 5.92 Å². The smallest absolute Gasteiger partial charge is 0.321 e. The van der Waals surface area contributed by atoms with Gasteiger partial charge in [0, 0.05) is 24.3 Å². The van der Waals surface area contributed by atoms with E-state index in [2.05, 4.69) is 5.32 Å². The number of amides is 2. The molecule has 140 valence electrons. The maximum Gasteiger partial charge on any atom is 0.321 e. The highest BCUT2D eigenvalue weighted by atomic mass is 16.5. The second-order valence-corrected chi connectivity index (χ2v) is 6.45. The van der Waals surface area contributed by atoms with Crippen LogP contribution in [0.4, 0.5) is 10.5 Å². The van der Waals surface area contributed by atoms with Gasteiger partial charge in [-0.15, -0.1) is 0 Å². The Hall–Kier alpha value is -3.15. The Morgan fingerprint density at radius 1 is 0.926 bits per heavy atom. The summed E-state index contributed by atoms with van der Waals surface area (Å²) in [6.07, 6.45) is 1.06. The molecule has 6 heteroatoms. The quantitative estimate of drug-likeness (QED) is 0.650. The largest absolute Gasteiger partial charge is 0.457 e. The minimum atomic E-state index is -0.373. The summed E-state index contributed by atoms with van der Waals surface area (Å²) < 4.78 is 5.18. The number of benzene rings is 2. The van der Waals surface area contributed by atoms with E-state index < -0.39 is 0 Å². The van der Waals surface area contributed by atoms with Crippen molar-refractivity contribution < 1.29 is 19.1 Å². The highest BCUT2D eigenvalue weighted by Crippen LogP contribution is 2.20. The van der Waals surface area contributed by atoms with Gasteiger partial charge in [-0.3, -0.25) is 9.59 Å². The average molecular weight is 366 g/mol. The normalized spacial score (nSPS) is 14.4. The van der Waals surface area contributed by atoms with E-state index in [0.29, 0.717) is 31.5 Å². The minimum absolute atomic E-state index is 0.174. The zero-order valence-electron chi connectivity index (χ0n) is 15.0. The molecule has 2 amide bonds. The van der Waals surface area contributed by atoms with Gasteiger partial charge < -0.3 is 15.0 Å². The van der Waals surface area contributed by atoms with Crippen molar-refractivity contribution in [2.45, 2.75) is 12.8 Å². The van der Waals surface area contributed by atoms with E-state index in [4.69, 9.17) is 4.74 Å². The Morgan fingerprint density at radius 2 is 1.52 bits per heavy atom. The van der Waals surface area contributed by atoms with Gasteiger partial charge in [-0.2, -0.15) is 0 Å². The minimum Gasteiger partial charge on any atom is -0.457 e. The molecule has 0 spiro atoms. The summed E-state index contributed by atoms with van der Waals surface area (Å²) in [5.41, 5.74) is 1.26. The monoisotopic (exact) mass is 366 g/mol. The van der Waals surface area contributed by atoms with Gasteiger partial charge in [0.1, 0.15) is 0 Å². The number of rotatable bonds is 5. The number of carbonyl (C=O) groups is 3. The lowest BCUT2D eigenvalue weighted by atomic mass is 9.97. The van der Waals surface area contributed by atoms with Crippen LogP contribution in [-0.4, -0.2) is 42.4 Å². The Bertz CT molecular complexity index is 784. The van der Waals surface area contributed by atoms with Crippen LogP contribution in [0.2, 0.25) is 0 Å². The highest BCUT2D eigenvalue weighted by molar-refractivity contribution is 5.98. The van der Waals surface area contributed by atoms with Crippen LogP contribution in [0.3, 0.4) is 0 Å². The molecule has 1 N–H and O–H groups in total. The molecule has 0 aromatic heterocycles. The summed E-state index contributed by atoms with van der Waals surface area (Å²) in [4.78, 5) is 38.2. The van der Waals surface area contributed by atoms with Crippen LogP contribution in [0.1, 0.15) is 23.2 Å². The molecule has 2 aromatic carbocycles. The zero-order valence-corrected chi connectivity index (χ0v) is 15.0. The molecule has 0 aliphatic carbocycles. The fourth-order valence-electron chi connectivity index (χ4n) is 3.00. The number of anilines is 1. The molecule has 0 saturated carbocycles. The first-order valence-electron chi connectivity index (χ1n) is 8.99. The molecule has 0 bridgehead atoms. The molecule has 1 saturated heterocycles. The molecule has 1 aliphatic rings. The van der Waals surface area contributed by atoms with Crippen molar-refractivity contribution in [2.24, 2.45) is 5.92 Å². The van der Waals surface area contributed by atoms with Crippen LogP contribution in [0.15, 0.2) is 60.7 Å². The number of hydrogen-bond acceptors (Lipinski definition) is 4. The topological polar surface area (TPSA) is 75.7 Å². The summed E-state index contributed by atoms with van der Waals surface area (Å²) in [7, 11) is 0. The molecule has 1 heterocycles. The van der Waals surface area contributed by atoms with E-state index in [1.807, 2.05) is 36.4 Å². The Morgan fingerprint density at radius 3 is 2.15 bits per heavy atom. The third-order valence-corrected chi connectivity index (χ3v) is 4.58. The Kier molecular flexibility index (Phi) is 6.20. The number of carbonyl (C=O) groups excluding carboxylic acids is 3. The standard InChI is InChI=1S/C21H22N2O4/c24-19(16-7-3-1-4-8-16)15-27-20(25)17-11-13-23(14-12-17)21(26)22-18-9-5-2-6-10-18/h1-10,17H,11-15H2,(H,22,26). The number of esters is 1. The first-order chi connectivity index (χ1) is 13.1. The summed E-state index contributed by atoms with van der Waals surface area (Å²) in [5.74, 6) is -0.875. The Balaban J connectivity index is 1.42. The van der Waals surface area contributed by atoms with Crippen LogP contribution in [0.25, 0.3) is 0 Å². The number of nitrogens with zero attached hydrogens (tertiary/aromatic N) is 1. The van der Waals surface area contributed by atoms with E-state index in [0.717, 1.165) is 5.69 Å². The van der Waals surface area contributed by atoms with Gasteiger partial charge in [-0.05, 0) is 25.0 Å². The number of ketones is 1. The SMILES string of the molecule is O=C(COC(=O)C1CCN(C(=O)Nc2ccccc2)CC1)c1ccccc1. The molecule has 1 fully saturated rings. The fourth-order valence-corrected chi connectivity index (χ4v) is 3.00. The summed E-state index contributed by atoms with van der Waals surface area (Å²) in [6.45, 7) is 0.702. The number of piperidine rings is 1. The number of urea groups is 1. The fraction of sp³-hybridized carbons (Fsp3) is 0.286. The molecule has 0 atom stereocenters. The summed E-state index contributed by atoms with van der Waals surface area (Å²) in [5, 5.41) is 2.84. The maximum absolute atomic E-state index is 12.3. The molecule has 3 rings (SSSR count). The van der Waals surface area contributed by atoms with Crippen molar-refractivity contribution in [3.8, 4) is 0 Å². The molecule has 27 heavy (non-hydrogen) atoms. The second kappa shape index (κ2) is 8.98. The summed E-state index contributed by atoms with van der Waals surface area (Å²) >= 11 is 0. The first kappa shape index (κ1) is 18.6. The van der Waals surface area contributed by atoms with Crippen LogP contribution >= 0.6 is 0 Å². The Labute approximate surface area is 158 Å². The van der Waals surface area contributed by atoms with Gasteiger partial charge in [0.15, 0.2) is 12.4 Å². The number of para-hydroxylation sites is 1. The number of likely N-dealkylation sites (tertiary alicyclic amines) is 1. The van der Waals surface area contributed by atoms with E-state index >= 15 is 0 Å². The predicted molar refractivity (Wildman–Crippen MR) is 101 cm³/mol. The van der Waals surface area contributed by atoms with Crippen molar-refractivity contribution >= 4 is 23.5 Å². The van der Waals surface area contributed by atoms with Crippen molar-refractivity contribution in [1.29, 1.82) is 0 Å². The number of ether oxygens (including phenoxy) is 1. The van der Waals surface area contributed by atoms with Crippen LogP contribution in [-0.2, 0) is 9.53 Å². The van der Waals surface area contributed by atoms with E-state index in [1.54, 1.807) is 29.2 Å². The molecular weight excluding hydrogens is 344 g/mol. The van der Waals surface area contributed by atoms with Gasteiger partial charge in [-0.1, -0.05) is 48.5 Å². The number of Topliss-reactive ketones (excluding diaryl/α,β-unsaturated/α-hetero) is 1. The summed E-state index contributed by atoms with van der Waals surface area (Å²) in [6, 6.07) is 17.8. The van der Waals surface area contributed by atoms with Crippen molar-refractivity contribution in [1.82, 2.24) is 4.90 Å². The maximum atomic E-state index is 12.3. The average Bonchev–Trinajstić information content (AvgIpc) is 2.73. The van der Waals surface area contributed by atoms with Gasteiger partial charge >= 0.3 is 12.0 Å². The lowest BCUT2D eigenvalue weighted by Gasteiger charge is -2.30. The van der Waals surface area contributed by atoms with Crippen LogP contribution in [0.5, 0.6) is 0 Å². The van der Waals surface area contributed by atoms with Gasteiger partial charge in [0.05, 0.1) is 5.92 Å².